The Labute approximate surface area is 114 Å². The molecule has 2 aliphatic heterocycles. The maximum absolute atomic E-state index is 12.3. The van der Waals surface area contributed by atoms with Crippen LogP contribution < -0.4 is 0 Å². The minimum Gasteiger partial charge on any atom is -0.381 e. The molecule has 4 heteroatoms. The SMILES string of the molecule is CCOCC1CCOC12CN(C(=O)C1=CCCC1)C2. The van der Waals surface area contributed by atoms with Gasteiger partial charge in [-0.2, -0.15) is 0 Å². The number of ether oxygens (including phenoxy) is 2. The highest BCUT2D eigenvalue weighted by Crippen LogP contribution is 2.41. The van der Waals surface area contributed by atoms with Crippen molar-refractivity contribution in [2.24, 2.45) is 5.92 Å². The van der Waals surface area contributed by atoms with Crippen molar-refractivity contribution in [2.45, 2.75) is 38.2 Å². The average molecular weight is 265 g/mol. The van der Waals surface area contributed by atoms with E-state index in [0.717, 1.165) is 64.2 Å². The lowest BCUT2D eigenvalue weighted by atomic mass is 9.81. The number of allylic oxidation sites excluding steroid dienone is 1. The fourth-order valence-corrected chi connectivity index (χ4v) is 3.44. The van der Waals surface area contributed by atoms with E-state index in [1.807, 2.05) is 11.8 Å². The number of amides is 1. The van der Waals surface area contributed by atoms with Crippen LogP contribution in [-0.2, 0) is 14.3 Å². The molecule has 2 saturated heterocycles. The van der Waals surface area contributed by atoms with Gasteiger partial charge in [-0.3, -0.25) is 4.79 Å². The van der Waals surface area contributed by atoms with Gasteiger partial charge in [0.1, 0.15) is 5.60 Å². The van der Waals surface area contributed by atoms with Crippen molar-refractivity contribution in [2.75, 3.05) is 32.9 Å². The largest absolute Gasteiger partial charge is 0.381 e. The molecule has 0 bridgehead atoms. The fourth-order valence-electron chi connectivity index (χ4n) is 3.44. The van der Waals surface area contributed by atoms with Crippen molar-refractivity contribution in [1.29, 1.82) is 0 Å². The van der Waals surface area contributed by atoms with Gasteiger partial charge in [0.25, 0.3) is 0 Å². The van der Waals surface area contributed by atoms with E-state index in [1.165, 1.54) is 0 Å². The predicted octanol–water partition coefficient (Wildman–Crippen LogP) is 1.75. The Bertz CT molecular complexity index is 385. The normalized spacial score (nSPS) is 28.6. The lowest BCUT2D eigenvalue weighted by Gasteiger charge is -2.50. The van der Waals surface area contributed by atoms with Gasteiger partial charge in [0.05, 0.1) is 19.7 Å². The standard InChI is InChI=1S/C15H23NO3/c1-2-18-9-13-7-8-19-15(13)10-16(11-15)14(17)12-5-3-4-6-12/h5,13H,2-4,6-11H2,1H3. The van der Waals surface area contributed by atoms with Gasteiger partial charge in [-0.1, -0.05) is 6.08 Å². The third kappa shape index (κ3) is 2.32. The first-order chi connectivity index (χ1) is 9.25. The monoisotopic (exact) mass is 265 g/mol. The van der Waals surface area contributed by atoms with Gasteiger partial charge in [-0.15, -0.1) is 0 Å². The van der Waals surface area contributed by atoms with Crippen molar-refractivity contribution >= 4 is 5.91 Å². The number of likely N-dealkylation sites (tertiary alicyclic amines) is 1. The molecule has 4 nitrogen and oxygen atoms in total. The van der Waals surface area contributed by atoms with Crippen LogP contribution in [-0.4, -0.2) is 49.3 Å². The van der Waals surface area contributed by atoms with Crippen molar-refractivity contribution in [1.82, 2.24) is 4.90 Å². The molecule has 1 aliphatic carbocycles. The maximum atomic E-state index is 12.3. The first-order valence-corrected chi connectivity index (χ1v) is 7.45. The molecule has 0 aromatic carbocycles. The second kappa shape index (κ2) is 5.25. The quantitative estimate of drug-likeness (QED) is 0.777. The van der Waals surface area contributed by atoms with Gasteiger partial charge in [0.2, 0.25) is 5.91 Å². The molecule has 1 unspecified atom stereocenters. The average Bonchev–Trinajstić information content (AvgIpc) is 3.02. The third-order valence-corrected chi connectivity index (χ3v) is 4.64. The molecule has 3 aliphatic rings. The van der Waals surface area contributed by atoms with Gasteiger partial charge >= 0.3 is 0 Å². The molecule has 0 N–H and O–H groups in total. The van der Waals surface area contributed by atoms with Crippen LogP contribution in [0.4, 0.5) is 0 Å². The fraction of sp³-hybridized carbons (Fsp3) is 0.800. The number of nitrogens with zero attached hydrogens (tertiary/aromatic N) is 1. The van der Waals surface area contributed by atoms with Gasteiger partial charge in [-0.25, -0.2) is 0 Å². The van der Waals surface area contributed by atoms with Crippen molar-refractivity contribution in [3.05, 3.63) is 11.6 Å². The summed E-state index contributed by atoms with van der Waals surface area (Å²) in [5, 5.41) is 0. The van der Waals surface area contributed by atoms with Gasteiger partial charge in [-0.05, 0) is 32.6 Å². The lowest BCUT2D eigenvalue weighted by Crippen LogP contribution is -2.66. The molecule has 3 rings (SSSR count). The summed E-state index contributed by atoms with van der Waals surface area (Å²) >= 11 is 0. The molecular weight excluding hydrogens is 242 g/mol. The molecule has 0 radical (unpaired) electrons. The first kappa shape index (κ1) is 13.1. The highest BCUT2D eigenvalue weighted by molar-refractivity contribution is 5.94. The van der Waals surface area contributed by atoms with Crippen LogP contribution in [0.2, 0.25) is 0 Å². The van der Waals surface area contributed by atoms with Crippen LogP contribution >= 0.6 is 0 Å². The Kier molecular flexibility index (Phi) is 3.63. The van der Waals surface area contributed by atoms with Crippen LogP contribution in [0, 0.1) is 5.92 Å². The summed E-state index contributed by atoms with van der Waals surface area (Å²) in [5.41, 5.74) is 0.901. The van der Waals surface area contributed by atoms with E-state index in [2.05, 4.69) is 6.08 Å². The second-order valence-electron chi connectivity index (χ2n) is 5.84. The summed E-state index contributed by atoms with van der Waals surface area (Å²) in [4.78, 5) is 14.2. The van der Waals surface area contributed by atoms with E-state index in [4.69, 9.17) is 9.47 Å². The lowest BCUT2D eigenvalue weighted by molar-refractivity contribution is -0.165. The van der Waals surface area contributed by atoms with Crippen molar-refractivity contribution < 1.29 is 14.3 Å². The summed E-state index contributed by atoms with van der Waals surface area (Å²) < 4.78 is 11.5. The summed E-state index contributed by atoms with van der Waals surface area (Å²) in [6.07, 6.45) is 6.30. The molecule has 106 valence electrons. The smallest absolute Gasteiger partial charge is 0.249 e. The molecule has 1 spiro atoms. The van der Waals surface area contributed by atoms with Crippen LogP contribution in [0.15, 0.2) is 11.6 Å². The molecular formula is C15H23NO3. The first-order valence-electron chi connectivity index (χ1n) is 7.45. The predicted molar refractivity (Wildman–Crippen MR) is 71.8 cm³/mol. The van der Waals surface area contributed by atoms with E-state index in [-0.39, 0.29) is 11.5 Å². The molecule has 2 heterocycles. The molecule has 2 fully saturated rings. The van der Waals surface area contributed by atoms with Gasteiger partial charge < -0.3 is 14.4 Å². The Balaban J connectivity index is 1.57. The number of hydrogen-bond donors (Lipinski definition) is 0. The summed E-state index contributed by atoms with van der Waals surface area (Å²) in [7, 11) is 0. The zero-order valence-electron chi connectivity index (χ0n) is 11.7. The van der Waals surface area contributed by atoms with E-state index in [0.29, 0.717) is 5.92 Å². The van der Waals surface area contributed by atoms with E-state index in [1.54, 1.807) is 0 Å². The van der Waals surface area contributed by atoms with Crippen LogP contribution in [0.3, 0.4) is 0 Å². The molecule has 0 aromatic rings. The molecule has 19 heavy (non-hydrogen) atoms. The number of carbonyl (C=O) groups excluding carboxylic acids is 1. The van der Waals surface area contributed by atoms with E-state index >= 15 is 0 Å². The minimum absolute atomic E-state index is 0.107. The molecule has 1 atom stereocenters. The minimum atomic E-state index is -0.107. The summed E-state index contributed by atoms with van der Waals surface area (Å²) in [5.74, 6) is 0.683. The molecule has 0 aromatic heterocycles. The van der Waals surface area contributed by atoms with E-state index in [9.17, 15) is 4.79 Å². The van der Waals surface area contributed by atoms with Crippen molar-refractivity contribution in [3.63, 3.8) is 0 Å². The summed E-state index contributed by atoms with van der Waals surface area (Å²) in [6.45, 7) is 5.85. The summed E-state index contributed by atoms with van der Waals surface area (Å²) in [6, 6.07) is 0. The highest BCUT2D eigenvalue weighted by atomic mass is 16.5. The Morgan fingerprint density at radius 2 is 2.42 bits per heavy atom. The van der Waals surface area contributed by atoms with Crippen molar-refractivity contribution in [3.8, 4) is 0 Å². The number of hydrogen-bond acceptors (Lipinski definition) is 3. The third-order valence-electron chi connectivity index (χ3n) is 4.64. The highest BCUT2D eigenvalue weighted by Gasteiger charge is 2.54. The Morgan fingerprint density at radius 1 is 1.58 bits per heavy atom. The van der Waals surface area contributed by atoms with Crippen LogP contribution in [0.1, 0.15) is 32.6 Å². The zero-order valence-corrected chi connectivity index (χ0v) is 11.7. The maximum Gasteiger partial charge on any atom is 0.249 e. The Morgan fingerprint density at radius 3 is 3.11 bits per heavy atom. The van der Waals surface area contributed by atoms with Gasteiger partial charge in [0.15, 0.2) is 0 Å². The van der Waals surface area contributed by atoms with Crippen LogP contribution in [0.5, 0.6) is 0 Å². The number of carbonyl (C=O) groups is 1. The second-order valence-corrected chi connectivity index (χ2v) is 5.84. The van der Waals surface area contributed by atoms with Crippen LogP contribution in [0.25, 0.3) is 0 Å². The van der Waals surface area contributed by atoms with Gasteiger partial charge in [0, 0.05) is 24.7 Å². The molecule has 1 amide bonds. The number of rotatable bonds is 4. The molecule has 0 saturated carbocycles. The Hall–Kier alpha value is -0.870. The zero-order chi connectivity index (χ0) is 13.3. The van der Waals surface area contributed by atoms with E-state index < -0.39 is 0 Å². The topological polar surface area (TPSA) is 38.8 Å².